The number of aromatic nitrogens is 1. The number of hydrogen-bond donors (Lipinski definition) is 2. The van der Waals surface area contributed by atoms with Gasteiger partial charge in [-0.1, -0.05) is 13.8 Å². The van der Waals surface area contributed by atoms with Crippen molar-refractivity contribution in [2.24, 2.45) is 0 Å². The van der Waals surface area contributed by atoms with Crippen molar-refractivity contribution in [2.45, 2.75) is 26.7 Å². The summed E-state index contributed by atoms with van der Waals surface area (Å²) in [4.78, 5) is 15.7. The van der Waals surface area contributed by atoms with Crippen molar-refractivity contribution in [3.8, 4) is 5.75 Å². The van der Waals surface area contributed by atoms with Gasteiger partial charge in [0.05, 0.1) is 11.8 Å². The third-order valence-corrected chi connectivity index (χ3v) is 3.26. The Labute approximate surface area is 122 Å². The maximum Gasteiger partial charge on any atom is 0.258 e. The molecule has 1 aromatic carbocycles. The number of benzene rings is 1. The van der Waals surface area contributed by atoms with E-state index in [2.05, 4.69) is 10.3 Å². The van der Waals surface area contributed by atoms with Gasteiger partial charge in [0.1, 0.15) is 5.75 Å². The van der Waals surface area contributed by atoms with Crippen LogP contribution in [0.2, 0.25) is 0 Å². The van der Waals surface area contributed by atoms with E-state index in [1.54, 1.807) is 19.1 Å². The minimum atomic E-state index is -0.671. The maximum absolute atomic E-state index is 13.6. The van der Waals surface area contributed by atoms with Crippen LogP contribution in [0.5, 0.6) is 5.75 Å². The lowest BCUT2D eigenvalue weighted by molar-refractivity contribution is 0.102. The number of amides is 1. The second kappa shape index (κ2) is 5.91. The third kappa shape index (κ3) is 3.18. The number of aromatic hydroxyl groups is 1. The zero-order valence-corrected chi connectivity index (χ0v) is 12.1. The summed E-state index contributed by atoms with van der Waals surface area (Å²) in [5.41, 5.74) is 1.92. The van der Waals surface area contributed by atoms with Crippen LogP contribution in [-0.4, -0.2) is 16.0 Å². The molecule has 0 bridgehead atoms. The van der Waals surface area contributed by atoms with Crippen LogP contribution in [0.4, 0.5) is 10.1 Å². The molecule has 0 aliphatic heterocycles. The van der Waals surface area contributed by atoms with E-state index in [1.165, 1.54) is 12.3 Å². The molecule has 2 rings (SSSR count). The Morgan fingerprint density at radius 2 is 2.10 bits per heavy atom. The molecule has 0 aliphatic carbocycles. The number of phenols is 1. The SMILES string of the molecule is Cc1cc(O)c(C(C)C)cc1NC(=O)c1ccncc1F. The highest BCUT2D eigenvalue weighted by atomic mass is 19.1. The number of rotatable bonds is 3. The molecule has 5 heteroatoms. The van der Waals surface area contributed by atoms with Crippen molar-refractivity contribution >= 4 is 11.6 Å². The minimum absolute atomic E-state index is 0.0661. The predicted molar refractivity (Wildman–Crippen MR) is 79.1 cm³/mol. The molecule has 0 saturated heterocycles. The summed E-state index contributed by atoms with van der Waals surface area (Å²) in [5.74, 6) is -0.914. The van der Waals surface area contributed by atoms with Crippen LogP contribution in [-0.2, 0) is 0 Å². The Hall–Kier alpha value is -2.43. The van der Waals surface area contributed by atoms with E-state index in [-0.39, 0.29) is 17.2 Å². The summed E-state index contributed by atoms with van der Waals surface area (Å²) in [7, 11) is 0. The second-order valence-electron chi connectivity index (χ2n) is 5.19. The number of nitrogens with zero attached hydrogens (tertiary/aromatic N) is 1. The quantitative estimate of drug-likeness (QED) is 0.848. The molecular weight excluding hydrogens is 271 g/mol. The highest BCUT2D eigenvalue weighted by Crippen LogP contribution is 2.31. The number of aryl methyl sites for hydroxylation is 1. The average molecular weight is 288 g/mol. The summed E-state index contributed by atoms with van der Waals surface area (Å²) >= 11 is 0. The molecule has 0 aliphatic rings. The number of halogens is 1. The molecule has 1 heterocycles. The largest absolute Gasteiger partial charge is 0.508 e. The molecule has 0 saturated carbocycles. The Morgan fingerprint density at radius 1 is 1.38 bits per heavy atom. The predicted octanol–water partition coefficient (Wildman–Crippen LogP) is 3.61. The summed E-state index contributed by atoms with van der Waals surface area (Å²) < 4.78 is 13.6. The summed E-state index contributed by atoms with van der Waals surface area (Å²) in [6.07, 6.45) is 2.36. The molecule has 21 heavy (non-hydrogen) atoms. The van der Waals surface area contributed by atoms with Gasteiger partial charge in [0, 0.05) is 11.9 Å². The first-order valence-electron chi connectivity index (χ1n) is 6.64. The lowest BCUT2D eigenvalue weighted by Crippen LogP contribution is -2.15. The van der Waals surface area contributed by atoms with Crippen LogP contribution < -0.4 is 5.32 Å². The van der Waals surface area contributed by atoms with Gasteiger partial charge >= 0.3 is 0 Å². The fourth-order valence-corrected chi connectivity index (χ4v) is 2.06. The van der Waals surface area contributed by atoms with E-state index < -0.39 is 11.7 Å². The first-order chi connectivity index (χ1) is 9.90. The number of phenolic OH excluding ortho intramolecular Hbond substituents is 1. The first-order valence-corrected chi connectivity index (χ1v) is 6.64. The Bertz CT molecular complexity index is 684. The average Bonchev–Trinajstić information content (AvgIpc) is 2.41. The zero-order chi connectivity index (χ0) is 15.6. The van der Waals surface area contributed by atoms with Crippen LogP contribution in [0.15, 0.2) is 30.6 Å². The molecule has 2 aromatic rings. The van der Waals surface area contributed by atoms with Crippen molar-refractivity contribution in [3.05, 3.63) is 53.1 Å². The van der Waals surface area contributed by atoms with Gasteiger partial charge in [-0.05, 0) is 42.2 Å². The van der Waals surface area contributed by atoms with Crippen LogP contribution in [0, 0.1) is 12.7 Å². The molecule has 0 unspecified atom stereocenters. The van der Waals surface area contributed by atoms with Gasteiger partial charge in [-0.25, -0.2) is 4.39 Å². The van der Waals surface area contributed by atoms with E-state index in [9.17, 15) is 14.3 Å². The topological polar surface area (TPSA) is 62.2 Å². The molecule has 0 spiro atoms. The van der Waals surface area contributed by atoms with Crippen LogP contribution >= 0.6 is 0 Å². The smallest absolute Gasteiger partial charge is 0.258 e. The number of carbonyl (C=O) groups excluding carboxylic acids is 1. The van der Waals surface area contributed by atoms with Crippen molar-refractivity contribution < 1.29 is 14.3 Å². The number of anilines is 1. The monoisotopic (exact) mass is 288 g/mol. The number of nitrogens with one attached hydrogen (secondary N) is 1. The molecule has 0 atom stereocenters. The van der Waals surface area contributed by atoms with E-state index >= 15 is 0 Å². The summed E-state index contributed by atoms with van der Waals surface area (Å²) in [5, 5.41) is 12.6. The van der Waals surface area contributed by atoms with Crippen molar-refractivity contribution in [1.29, 1.82) is 0 Å². The highest BCUT2D eigenvalue weighted by Gasteiger charge is 2.15. The Balaban J connectivity index is 2.34. The molecular formula is C16H17FN2O2. The fourth-order valence-electron chi connectivity index (χ4n) is 2.06. The van der Waals surface area contributed by atoms with E-state index in [0.717, 1.165) is 11.8 Å². The summed E-state index contributed by atoms with van der Waals surface area (Å²) in [6, 6.07) is 4.63. The lowest BCUT2D eigenvalue weighted by atomic mass is 9.99. The Kier molecular flexibility index (Phi) is 4.21. The standard InChI is InChI=1S/C16H17FN2O2/c1-9(2)12-7-14(10(3)6-15(12)20)19-16(21)11-4-5-18-8-13(11)17/h4-9,20H,1-3H3,(H,19,21). The lowest BCUT2D eigenvalue weighted by Gasteiger charge is -2.14. The van der Waals surface area contributed by atoms with Crippen LogP contribution in [0.1, 0.15) is 41.3 Å². The molecule has 4 nitrogen and oxygen atoms in total. The minimum Gasteiger partial charge on any atom is -0.508 e. The molecule has 0 radical (unpaired) electrons. The molecule has 0 fully saturated rings. The highest BCUT2D eigenvalue weighted by molar-refractivity contribution is 6.04. The van der Waals surface area contributed by atoms with Gasteiger partial charge in [-0.3, -0.25) is 9.78 Å². The van der Waals surface area contributed by atoms with Crippen molar-refractivity contribution in [2.75, 3.05) is 5.32 Å². The third-order valence-electron chi connectivity index (χ3n) is 3.26. The van der Waals surface area contributed by atoms with E-state index in [1.807, 2.05) is 13.8 Å². The van der Waals surface area contributed by atoms with E-state index in [0.29, 0.717) is 11.3 Å². The fraction of sp³-hybridized carbons (Fsp3) is 0.250. The van der Waals surface area contributed by atoms with Gasteiger partial charge in [-0.15, -0.1) is 0 Å². The van der Waals surface area contributed by atoms with Gasteiger partial charge in [0.25, 0.3) is 5.91 Å². The molecule has 110 valence electrons. The first kappa shape index (κ1) is 15.0. The summed E-state index contributed by atoms with van der Waals surface area (Å²) in [6.45, 7) is 5.65. The van der Waals surface area contributed by atoms with Crippen molar-refractivity contribution in [1.82, 2.24) is 4.98 Å². The van der Waals surface area contributed by atoms with Gasteiger partial charge in [0.2, 0.25) is 0 Å². The van der Waals surface area contributed by atoms with Crippen LogP contribution in [0.25, 0.3) is 0 Å². The zero-order valence-electron chi connectivity index (χ0n) is 12.1. The van der Waals surface area contributed by atoms with Gasteiger partial charge in [0.15, 0.2) is 5.82 Å². The normalized spacial score (nSPS) is 10.7. The van der Waals surface area contributed by atoms with Crippen LogP contribution in [0.3, 0.4) is 0 Å². The molecule has 2 N–H and O–H groups in total. The van der Waals surface area contributed by atoms with Gasteiger partial charge in [-0.2, -0.15) is 0 Å². The van der Waals surface area contributed by atoms with E-state index in [4.69, 9.17) is 0 Å². The maximum atomic E-state index is 13.6. The molecule has 1 amide bonds. The number of pyridine rings is 1. The second-order valence-corrected chi connectivity index (χ2v) is 5.19. The van der Waals surface area contributed by atoms with Gasteiger partial charge < -0.3 is 10.4 Å². The molecule has 1 aromatic heterocycles. The number of hydrogen-bond acceptors (Lipinski definition) is 3. The number of carbonyl (C=O) groups is 1. The van der Waals surface area contributed by atoms with Crippen molar-refractivity contribution in [3.63, 3.8) is 0 Å². The Morgan fingerprint density at radius 3 is 2.71 bits per heavy atom.